The van der Waals surface area contributed by atoms with Crippen molar-refractivity contribution in [3.05, 3.63) is 69.3 Å². The highest BCUT2D eigenvalue weighted by molar-refractivity contribution is 5.97. The number of carbonyl (C=O) groups excluding carboxylic acids is 2. The van der Waals surface area contributed by atoms with Gasteiger partial charge in [0.05, 0.1) is 35.0 Å². The van der Waals surface area contributed by atoms with Crippen LogP contribution < -0.4 is 0 Å². The number of aryl methyl sites for hydroxylation is 2. The Bertz CT molecular complexity index is 2130. The number of aromatic amines is 2. The van der Waals surface area contributed by atoms with Gasteiger partial charge in [0.1, 0.15) is 0 Å². The average Bonchev–Trinajstić information content (AvgIpc) is 3.83. The van der Waals surface area contributed by atoms with Gasteiger partial charge in [-0.1, -0.05) is 0 Å². The summed E-state index contributed by atoms with van der Waals surface area (Å²) in [7, 11) is 3.47. The number of hydrogen-bond donors (Lipinski definition) is 2. The van der Waals surface area contributed by atoms with Crippen LogP contribution in [0.4, 0.5) is 0 Å². The summed E-state index contributed by atoms with van der Waals surface area (Å²) in [5.74, 6) is 0.259. The minimum absolute atomic E-state index is 0.129. The number of rotatable bonds is 14. The van der Waals surface area contributed by atoms with Crippen LogP contribution >= 0.6 is 0 Å². The molecule has 10 nitrogen and oxygen atoms in total. The zero-order valence-corrected chi connectivity index (χ0v) is 34.5. The third-order valence-corrected chi connectivity index (χ3v) is 11.6. The van der Waals surface area contributed by atoms with Crippen molar-refractivity contribution in [2.75, 3.05) is 40.4 Å². The smallest absolute Gasteiger partial charge is 0.222 e. The number of allylic oxidation sites excluding steroid dienone is 4. The van der Waals surface area contributed by atoms with Gasteiger partial charge in [0.25, 0.3) is 0 Å². The molecular formula is C44H60N6O4. The number of carbonyl (C=O) groups is 2. The number of H-pyrrole nitrogens is 2. The van der Waals surface area contributed by atoms with Crippen molar-refractivity contribution in [2.45, 2.75) is 107 Å². The van der Waals surface area contributed by atoms with Crippen molar-refractivity contribution in [1.82, 2.24) is 29.7 Å². The van der Waals surface area contributed by atoms with Gasteiger partial charge < -0.3 is 29.2 Å². The lowest BCUT2D eigenvalue weighted by molar-refractivity contribution is -0.131. The Kier molecular flexibility index (Phi) is 13.0. The Morgan fingerprint density at radius 2 is 0.963 bits per heavy atom. The summed E-state index contributed by atoms with van der Waals surface area (Å²) in [5.41, 5.74) is 15.5. The van der Waals surface area contributed by atoms with Crippen LogP contribution in [0.2, 0.25) is 0 Å². The Labute approximate surface area is 321 Å². The normalized spacial score (nSPS) is 14.1. The van der Waals surface area contributed by atoms with E-state index in [0.717, 1.165) is 89.4 Å². The number of hydrogen-bond acceptors (Lipinski definition) is 6. The molecule has 54 heavy (non-hydrogen) atoms. The quantitative estimate of drug-likeness (QED) is 0.170. The van der Waals surface area contributed by atoms with Gasteiger partial charge in [0.15, 0.2) is 0 Å². The van der Waals surface area contributed by atoms with Gasteiger partial charge in [0.2, 0.25) is 11.8 Å². The summed E-state index contributed by atoms with van der Waals surface area (Å²) in [5, 5.41) is 0. The molecule has 5 heterocycles. The van der Waals surface area contributed by atoms with Crippen molar-refractivity contribution in [3.63, 3.8) is 0 Å². The lowest BCUT2D eigenvalue weighted by atomic mass is 9.97. The van der Waals surface area contributed by atoms with Crippen molar-refractivity contribution >= 4 is 56.2 Å². The number of methoxy groups -OCH3 is 2. The third kappa shape index (κ3) is 7.96. The molecule has 0 radical (unpaired) electrons. The molecule has 5 rings (SSSR count). The van der Waals surface area contributed by atoms with E-state index in [0.29, 0.717) is 51.9 Å². The van der Waals surface area contributed by atoms with Crippen LogP contribution in [0.25, 0.3) is 44.4 Å². The molecule has 0 spiro atoms. The first-order chi connectivity index (χ1) is 25.8. The van der Waals surface area contributed by atoms with Crippen molar-refractivity contribution in [1.29, 1.82) is 0 Å². The van der Waals surface area contributed by atoms with Crippen molar-refractivity contribution in [3.8, 4) is 0 Å². The number of ether oxygens (including phenoxy) is 2. The summed E-state index contributed by atoms with van der Waals surface area (Å²) in [6.45, 7) is 23.3. The molecule has 290 valence electrons. The molecule has 3 aromatic rings. The molecule has 0 aromatic carbocycles. The molecular weight excluding hydrogens is 677 g/mol. The first-order valence-electron chi connectivity index (χ1n) is 19.6. The zero-order valence-electron chi connectivity index (χ0n) is 34.5. The van der Waals surface area contributed by atoms with Gasteiger partial charge in [0, 0.05) is 86.4 Å². The zero-order chi connectivity index (χ0) is 39.4. The largest absolute Gasteiger partial charge is 0.377 e. The van der Waals surface area contributed by atoms with E-state index >= 15 is 0 Å². The van der Waals surface area contributed by atoms with Crippen LogP contribution in [-0.4, -0.2) is 81.9 Å². The van der Waals surface area contributed by atoms with E-state index in [4.69, 9.17) is 19.4 Å². The van der Waals surface area contributed by atoms with Crippen LogP contribution in [0.3, 0.4) is 0 Å². The number of amides is 2. The lowest BCUT2D eigenvalue weighted by Crippen LogP contribution is -2.30. The van der Waals surface area contributed by atoms with Gasteiger partial charge in [-0.15, -0.1) is 0 Å². The molecule has 2 aliphatic heterocycles. The van der Waals surface area contributed by atoms with E-state index in [1.54, 1.807) is 14.2 Å². The molecule has 8 bridgehead atoms. The van der Waals surface area contributed by atoms with Gasteiger partial charge in [-0.05, 0) is 140 Å². The predicted octanol–water partition coefficient (Wildman–Crippen LogP) is 9.51. The average molecular weight is 737 g/mol. The second-order valence-corrected chi connectivity index (χ2v) is 14.4. The summed E-state index contributed by atoms with van der Waals surface area (Å²) >= 11 is 0. The van der Waals surface area contributed by atoms with Crippen molar-refractivity contribution in [2.24, 2.45) is 0 Å². The summed E-state index contributed by atoms with van der Waals surface area (Å²) in [6.07, 6.45) is 1.55. The summed E-state index contributed by atoms with van der Waals surface area (Å²) in [6, 6.07) is 8.46. The van der Waals surface area contributed by atoms with E-state index in [1.165, 1.54) is 0 Å². The molecule has 2 aliphatic rings. The molecule has 10 heteroatoms. The van der Waals surface area contributed by atoms with Crippen LogP contribution in [-0.2, 0) is 19.1 Å². The molecule has 2 amide bonds. The van der Waals surface area contributed by atoms with Gasteiger partial charge in [-0.2, -0.15) is 0 Å². The maximum Gasteiger partial charge on any atom is 0.222 e. The molecule has 2 N–H and O–H groups in total. The Balaban J connectivity index is 1.86. The first kappa shape index (κ1) is 40.6. The van der Waals surface area contributed by atoms with E-state index < -0.39 is 0 Å². The lowest BCUT2D eigenvalue weighted by Gasteiger charge is -2.19. The second kappa shape index (κ2) is 17.3. The van der Waals surface area contributed by atoms with E-state index in [9.17, 15) is 9.59 Å². The summed E-state index contributed by atoms with van der Waals surface area (Å²) < 4.78 is 11.8. The van der Waals surface area contributed by atoms with Crippen molar-refractivity contribution < 1.29 is 19.1 Å². The molecule has 0 saturated carbocycles. The molecule has 2 atom stereocenters. The fourth-order valence-corrected chi connectivity index (χ4v) is 7.99. The Morgan fingerprint density at radius 1 is 0.593 bits per heavy atom. The van der Waals surface area contributed by atoms with Crippen LogP contribution in [0.1, 0.15) is 138 Å². The fraction of sp³-hybridized carbons (Fsp3) is 0.500. The number of nitrogens with one attached hydrogen (secondary N) is 2. The molecule has 3 aromatic heterocycles. The maximum atomic E-state index is 13.3. The fourth-order valence-electron chi connectivity index (χ4n) is 7.99. The van der Waals surface area contributed by atoms with Gasteiger partial charge in [-0.25, -0.2) is 9.97 Å². The molecule has 0 aliphatic carbocycles. The van der Waals surface area contributed by atoms with Crippen LogP contribution in [0, 0.1) is 13.8 Å². The number of nitrogens with zero attached hydrogens (tertiary/aromatic N) is 4. The van der Waals surface area contributed by atoms with E-state index in [2.05, 4.69) is 75.8 Å². The number of aromatic nitrogens is 4. The minimum atomic E-state index is -0.174. The number of fused-ring (bicyclic) bond motifs is 8. The topological polar surface area (TPSA) is 116 Å². The van der Waals surface area contributed by atoms with Gasteiger partial charge in [-0.3, -0.25) is 9.59 Å². The monoisotopic (exact) mass is 736 g/mol. The van der Waals surface area contributed by atoms with E-state index in [1.807, 2.05) is 37.5 Å². The van der Waals surface area contributed by atoms with Crippen LogP contribution in [0.15, 0.2) is 24.3 Å². The minimum Gasteiger partial charge on any atom is -0.377 e. The van der Waals surface area contributed by atoms with Crippen LogP contribution in [0.5, 0.6) is 0 Å². The van der Waals surface area contributed by atoms with E-state index in [-0.39, 0.29) is 24.0 Å². The molecule has 0 saturated heterocycles. The second-order valence-electron chi connectivity index (χ2n) is 14.4. The third-order valence-electron chi connectivity index (χ3n) is 11.6. The Morgan fingerprint density at radius 3 is 1.35 bits per heavy atom. The summed E-state index contributed by atoms with van der Waals surface area (Å²) in [4.78, 5) is 48.3. The van der Waals surface area contributed by atoms with Gasteiger partial charge >= 0.3 is 0 Å². The highest BCUT2D eigenvalue weighted by Crippen LogP contribution is 2.39. The highest BCUT2D eigenvalue weighted by Gasteiger charge is 2.25. The predicted molar refractivity (Wildman–Crippen MR) is 221 cm³/mol. The highest BCUT2D eigenvalue weighted by atomic mass is 16.5. The SMILES string of the molecule is CCN(CC)C(=O)CCC1=C(C)c2cc3[nH]c(cc4[nH]c(cc5nc(cc1n2)C(CCC(=O)N(CC)CC)=C5C)c(C(C)OC)c4C)c(C(C)OC)c3C. The molecule has 0 fully saturated rings. The first-order valence-corrected chi connectivity index (χ1v) is 19.6. The molecule has 2 unspecified atom stereocenters. The standard InChI is InChI=1S/C44H60N6O4/c1-13-49(14-2)41(51)19-17-31-25(5)33-21-35-27(7)43(29(9)53-11)40(47-35)23-36-28(8)44(30(10)54-12)39(48-36)22-34-26(6)32(38(46-34)24-37(31)45-33)18-20-42(52)50(15-3)16-4/h21-24,29-30,47-48H,13-20H2,1-12H3. The Hall–Kier alpha value is -4.54. The maximum absolute atomic E-state index is 13.3.